The van der Waals surface area contributed by atoms with Crippen LogP contribution in [0, 0.1) is 0 Å². The van der Waals surface area contributed by atoms with Crippen LogP contribution in [0.15, 0.2) is 18.2 Å². The van der Waals surface area contributed by atoms with Gasteiger partial charge in [0.2, 0.25) is 0 Å². The van der Waals surface area contributed by atoms with Gasteiger partial charge in [0.1, 0.15) is 5.75 Å². The number of amides is 2. The Morgan fingerprint density at radius 1 is 1.41 bits per heavy atom. The van der Waals surface area contributed by atoms with E-state index in [2.05, 4.69) is 10.6 Å². The Balaban J connectivity index is 2.78. The molecule has 1 rings (SSSR count). The molecule has 0 heterocycles. The monoisotopic (exact) mass is 238 g/mol. The maximum absolute atomic E-state index is 11.3. The highest BCUT2D eigenvalue weighted by Gasteiger charge is 2.06. The van der Waals surface area contributed by atoms with Gasteiger partial charge in [0.15, 0.2) is 0 Å². The Kier molecular flexibility index (Phi) is 5.29. The molecule has 0 fully saturated rings. The summed E-state index contributed by atoms with van der Waals surface area (Å²) in [5.41, 5.74) is 1.28. The third-order valence-electron chi connectivity index (χ3n) is 2.13. The Hall–Kier alpha value is -1.75. The third-order valence-corrected chi connectivity index (χ3v) is 2.13. The number of carbonyl (C=O) groups is 1. The van der Waals surface area contributed by atoms with E-state index in [0.717, 1.165) is 0 Å². The molecule has 0 aromatic heterocycles. The predicted molar refractivity (Wildman–Crippen MR) is 66.2 cm³/mol. The third kappa shape index (κ3) is 3.96. The normalized spacial score (nSPS) is 9.82. The van der Waals surface area contributed by atoms with Crippen LogP contribution >= 0.6 is 0 Å². The minimum absolute atomic E-state index is 0.125. The molecular formula is C12H18N2O3. The van der Waals surface area contributed by atoms with Crippen LogP contribution in [0.25, 0.3) is 0 Å². The summed E-state index contributed by atoms with van der Waals surface area (Å²) in [5.74, 6) is 0.636. The Morgan fingerprint density at radius 2 is 2.18 bits per heavy atom. The van der Waals surface area contributed by atoms with Crippen molar-refractivity contribution < 1.29 is 14.6 Å². The second-order valence-electron chi connectivity index (χ2n) is 3.40. The number of hydrogen-bond donors (Lipinski definition) is 3. The summed E-state index contributed by atoms with van der Waals surface area (Å²) in [6.45, 7) is 4.70. The van der Waals surface area contributed by atoms with Gasteiger partial charge in [0, 0.05) is 17.8 Å². The molecule has 0 unspecified atom stereocenters. The second-order valence-corrected chi connectivity index (χ2v) is 3.40. The molecule has 0 aliphatic heterocycles. The van der Waals surface area contributed by atoms with E-state index in [0.29, 0.717) is 30.2 Å². The van der Waals surface area contributed by atoms with E-state index < -0.39 is 0 Å². The van der Waals surface area contributed by atoms with Crippen LogP contribution < -0.4 is 15.4 Å². The van der Waals surface area contributed by atoms with Gasteiger partial charge in [-0.15, -0.1) is 0 Å². The molecule has 1 aromatic rings. The zero-order valence-corrected chi connectivity index (χ0v) is 10.1. The van der Waals surface area contributed by atoms with E-state index in [1.54, 1.807) is 18.2 Å². The van der Waals surface area contributed by atoms with Crippen molar-refractivity contribution in [1.29, 1.82) is 0 Å². The van der Waals surface area contributed by atoms with Crippen molar-refractivity contribution in [1.82, 2.24) is 5.32 Å². The summed E-state index contributed by atoms with van der Waals surface area (Å²) >= 11 is 0. The number of carbonyl (C=O) groups excluding carboxylic acids is 1. The topological polar surface area (TPSA) is 70.6 Å². The van der Waals surface area contributed by atoms with Crippen LogP contribution in [0.3, 0.4) is 0 Å². The predicted octanol–water partition coefficient (Wildman–Crippen LogP) is 1.72. The fourth-order valence-corrected chi connectivity index (χ4v) is 1.41. The van der Waals surface area contributed by atoms with Crippen LogP contribution in [0.2, 0.25) is 0 Å². The molecule has 0 spiro atoms. The van der Waals surface area contributed by atoms with E-state index in [9.17, 15) is 9.90 Å². The van der Waals surface area contributed by atoms with E-state index in [1.807, 2.05) is 13.8 Å². The summed E-state index contributed by atoms with van der Waals surface area (Å²) < 4.78 is 5.35. The molecule has 17 heavy (non-hydrogen) atoms. The van der Waals surface area contributed by atoms with Crippen molar-refractivity contribution in [2.24, 2.45) is 0 Å². The molecular weight excluding hydrogens is 220 g/mol. The summed E-state index contributed by atoms with van der Waals surface area (Å²) in [4.78, 5) is 11.3. The first kappa shape index (κ1) is 13.3. The lowest BCUT2D eigenvalue weighted by Crippen LogP contribution is -2.28. The van der Waals surface area contributed by atoms with Gasteiger partial charge in [-0.3, -0.25) is 0 Å². The average molecular weight is 238 g/mol. The first-order chi connectivity index (χ1) is 8.21. The summed E-state index contributed by atoms with van der Waals surface area (Å²) in [5, 5.41) is 14.5. The number of nitrogens with one attached hydrogen (secondary N) is 2. The van der Waals surface area contributed by atoms with E-state index in [4.69, 9.17) is 4.74 Å². The molecule has 0 aliphatic carbocycles. The lowest BCUT2D eigenvalue weighted by molar-refractivity contribution is 0.252. The van der Waals surface area contributed by atoms with Gasteiger partial charge < -0.3 is 20.5 Å². The fraction of sp³-hybridized carbons (Fsp3) is 0.417. The summed E-state index contributed by atoms with van der Waals surface area (Å²) in [6.07, 6.45) is 0. The number of urea groups is 1. The summed E-state index contributed by atoms with van der Waals surface area (Å²) in [7, 11) is 0. The first-order valence-corrected chi connectivity index (χ1v) is 5.62. The molecule has 0 saturated carbocycles. The highest BCUT2D eigenvalue weighted by Crippen LogP contribution is 2.22. The maximum Gasteiger partial charge on any atom is 0.319 e. The highest BCUT2D eigenvalue weighted by molar-refractivity contribution is 5.89. The largest absolute Gasteiger partial charge is 0.494 e. The van der Waals surface area contributed by atoms with Crippen LogP contribution in [0.4, 0.5) is 10.5 Å². The van der Waals surface area contributed by atoms with Crippen LogP contribution in [-0.4, -0.2) is 24.3 Å². The standard InChI is InChI=1S/C12H18N2O3/c1-3-13-12(16)14-10-5-6-11(17-4-2)9(7-10)8-15/h5-7,15H,3-4,8H2,1-2H3,(H2,13,14,16). The van der Waals surface area contributed by atoms with E-state index in [1.165, 1.54) is 0 Å². The van der Waals surface area contributed by atoms with Crippen molar-refractivity contribution >= 4 is 11.7 Å². The Labute approximate surface area is 101 Å². The summed E-state index contributed by atoms with van der Waals surface area (Å²) in [6, 6.07) is 4.90. The molecule has 0 aliphatic rings. The lowest BCUT2D eigenvalue weighted by Gasteiger charge is -2.11. The number of aliphatic hydroxyl groups excluding tert-OH is 1. The maximum atomic E-state index is 11.3. The molecule has 5 heteroatoms. The number of benzene rings is 1. The van der Waals surface area contributed by atoms with Crippen molar-refractivity contribution in [3.8, 4) is 5.75 Å². The second kappa shape index (κ2) is 6.75. The molecule has 5 nitrogen and oxygen atoms in total. The van der Waals surface area contributed by atoms with Gasteiger partial charge in [-0.05, 0) is 32.0 Å². The number of rotatable bonds is 5. The molecule has 94 valence electrons. The molecule has 0 saturated heterocycles. The fourth-order valence-electron chi connectivity index (χ4n) is 1.41. The zero-order valence-electron chi connectivity index (χ0n) is 10.1. The van der Waals surface area contributed by atoms with E-state index >= 15 is 0 Å². The molecule has 2 amide bonds. The van der Waals surface area contributed by atoms with Crippen LogP contribution in [-0.2, 0) is 6.61 Å². The van der Waals surface area contributed by atoms with Gasteiger partial charge in [-0.2, -0.15) is 0 Å². The van der Waals surface area contributed by atoms with Gasteiger partial charge in [0.25, 0.3) is 0 Å². The molecule has 0 radical (unpaired) electrons. The van der Waals surface area contributed by atoms with Gasteiger partial charge >= 0.3 is 6.03 Å². The van der Waals surface area contributed by atoms with Crippen molar-refractivity contribution in [2.75, 3.05) is 18.5 Å². The van der Waals surface area contributed by atoms with Gasteiger partial charge in [-0.25, -0.2) is 4.79 Å². The number of anilines is 1. The molecule has 0 atom stereocenters. The van der Waals surface area contributed by atoms with Crippen LogP contribution in [0.5, 0.6) is 5.75 Å². The van der Waals surface area contributed by atoms with Crippen molar-refractivity contribution in [3.63, 3.8) is 0 Å². The quantitative estimate of drug-likeness (QED) is 0.731. The zero-order chi connectivity index (χ0) is 12.7. The minimum atomic E-state index is -0.263. The van der Waals surface area contributed by atoms with Crippen molar-refractivity contribution in [3.05, 3.63) is 23.8 Å². The van der Waals surface area contributed by atoms with Gasteiger partial charge in [-0.1, -0.05) is 0 Å². The molecule has 1 aromatic carbocycles. The average Bonchev–Trinajstić information content (AvgIpc) is 2.31. The lowest BCUT2D eigenvalue weighted by atomic mass is 10.2. The smallest absolute Gasteiger partial charge is 0.319 e. The highest BCUT2D eigenvalue weighted by atomic mass is 16.5. The molecule has 3 N–H and O–H groups in total. The minimum Gasteiger partial charge on any atom is -0.494 e. The number of ether oxygens (including phenoxy) is 1. The first-order valence-electron chi connectivity index (χ1n) is 5.62. The SMILES string of the molecule is CCNC(=O)Nc1ccc(OCC)c(CO)c1. The van der Waals surface area contributed by atoms with Crippen LogP contribution in [0.1, 0.15) is 19.4 Å². The Morgan fingerprint density at radius 3 is 2.76 bits per heavy atom. The Bertz CT molecular complexity index is 380. The number of hydrogen-bond acceptors (Lipinski definition) is 3. The van der Waals surface area contributed by atoms with E-state index in [-0.39, 0.29) is 12.6 Å². The molecule has 0 bridgehead atoms. The van der Waals surface area contributed by atoms with Gasteiger partial charge in [0.05, 0.1) is 13.2 Å². The number of aliphatic hydroxyl groups is 1. The van der Waals surface area contributed by atoms with Crippen molar-refractivity contribution in [2.45, 2.75) is 20.5 Å².